The van der Waals surface area contributed by atoms with Crippen LogP contribution in [0.3, 0.4) is 0 Å². The number of nitrogens with zero attached hydrogens (tertiary/aromatic N) is 1. The van der Waals surface area contributed by atoms with Gasteiger partial charge in [0.2, 0.25) is 5.88 Å². The monoisotopic (exact) mass is 228 g/mol. The van der Waals surface area contributed by atoms with Gasteiger partial charge in [0.25, 0.3) is 0 Å². The van der Waals surface area contributed by atoms with Gasteiger partial charge in [0.15, 0.2) is 0 Å². The third-order valence-corrected chi connectivity index (χ3v) is 2.48. The molecule has 0 amide bonds. The van der Waals surface area contributed by atoms with Gasteiger partial charge in [-0.25, -0.2) is 0 Å². The quantitative estimate of drug-likeness (QED) is 0.787. The number of nitrogens with one attached hydrogen (secondary N) is 1. The highest BCUT2D eigenvalue weighted by atomic mass is 35.5. The molecule has 3 nitrogen and oxygen atoms in total. The third kappa shape index (κ3) is 3.96. The van der Waals surface area contributed by atoms with Gasteiger partial charge in [-0.15, -0.1) is 11.6 Å². The molecule has 0 aliphatic rings. The number of halogens is 1. The highest BCUT2D eigenvalue weighted by molar-refractivity contribution is 6.18. The Morgan fingerprint density at radius 3 is 2.80 bits per heavy atom. The first kappa shape index (κ1) is 12.1. The van der Waals surface area contributed by atoms with Gasteiger partial charge in [0.05, 0.1) is 6.61 Å². The van der Waals surface area contributed by atoms with Gasteiger partial charge in [0.1, 0.15) is 5.82 Å². The maximum atomic E-state index is 5.82. The van der Waals surface area contributed by atoms with Crippen LogP contribution in [0, 0.1) is 0 Å². The molecule has 0 bridgehead atoms. The average molecular weight is 229 g/mol. The molecule has 84 valence electrons. The molecular formula is C11H17ClN2O. The van der Waals surface area contributed by atoms with E-state index in [2.05, 4.69) is 10.3 Å². The predicted molar refractivity (Wildman–Crippen MR) is 63.8 cm³/mol. The molecule has 0 radical (unpaired) electrons. The molecule has 1 aromatic heterocycles. The van der Waals surface area contributed by atoms with E-state index in [0.29, 0.717) is 18.4 Å². The number of alkyl halides is 1. The lowest BCUT2D eigenvalue weighted by atomic mass is 10.1. The molecule has 15 heavy (non-hydrogen) atoms. The highest BCUT2D eigenvalue weighted by Gasteiger charge is 2.16. The van der Waals surface area contributed by atoms with Gasteiger partial charge in [-0.3, -0.25) is 0 Å². The summed E-state index contributed by atoms with van der Waals surface area (Å²) in [6.07, 6.45) is 0. The zero-order valence-corrected chi connectivity index (χ0v) is 10.1. The normalized spacial score (nSPS) is 11.2. The van der Waals surface area contributed by atoms with Gasteiger partial charge < -0.3 is 10.1 Å². The van der Waals surface area contributed by atoms with Crippen molar-refractivity contribution in [1.82, 2.24) is 4.98 Å². The summed E-state index contributed by atoms with van der Waals surface area (Å²) >= 11 is 5.82. The molecule has 1 heterocycles. The predicted octanol–water partition coefficient (Wildman–Crippen LogP) is 2.91. The van der Waals surface area contributed by atoms with Crippen molar-refractivity contribution in [1.29, 1.82) is 0 Å². The molecule has 1 N–H and O–H groups in total. The Balaban J connectivity index is 2.73. The van der Waals surface area contributed by atoms with Crippen LogP contribution in [0.15, 0.2) is 18.2 Å². The van der Waals surface area contributed by atoms with E-state index in [4.69, 9.17) is 16.3 Å². The maximum absolute atomic E-state index is 5.82. The summed E-state index contributed by atoms with van der Waals surface area (Å²) < 4.78 is 5.31. The minimum absolute atomic E-state index is 0.167. The Kier molecular flexibility index (Phi) is 4.21. The van der Waals surface area contributed by atoms with Crippen LogP contribution in [-0.2, 0) is 0 Å². The van der Waals surface area contributed by atoms with Crippen LogP contribution in [0.2, 0.25) is 0 Å². The number of pyridine rings is 1. The number of hydrogen-bond acceptors (Lipinski definition) is 3. The second-order valence-corrected chi connectivity index (χ2v) is 4.20. The number of rotatable bonds is 5. The van der Waals surface area contributed by atoms with Gasteiger partial charge in [-0.2, -0.15) is 4.98 Å². The van der Waals surface area contributed by atoms with Gasteiger partial charge in [-0.1, -0.05) is 6.07 Å². The van der Waals surface area contributed by atoms with Crippen molar-refractivity contribution in [3.63, 3.8) is 0 Å². The minimum Gasteiger partial charge on any atom is -0.478 e. The molecule has 0 atom stereocenters. The second-order valence-electron chi connectivity index (χ2n) is 3.94. The number of ether oxygens (including phenoxy) is 1. The highest BCUT2D eigenvalue weighted by Crippen LogP contribution is 2.17. The average Bonchev–Trinajstić information content (AvgIpc) is 2.18. The van der Waals surface area contributed by atoms with E-state index in [-0.39, 0.29) is 5.54 Å². The summed E-state index contributed by atoms with van der Waals surface area (Å²) in [7, 11) is 0. The first-order chi connectivity index (χ1) is 7.07. The molecule has 0 aliphatic carbocycles. The lowest BCUT2D eigenvalue weighted by molar-refractivity contribution is 0.327. The molecule has 0 saturated carbocycles. The number of anilines is 1. The Bertz CT molecular complexity index is 315. The van der Waals surface area contributed by atoms with Crippen LogP contribution in [-0.4, -0.2) is 23.0 Å². The Morgan fingerprint density at radius 1 is 1.47 bits per heavy atom. The van der Waals surface area contributed by atoms with Crippen molar-refractivity contribution in [2.24, 2.45) is 0 Å². The number of aromatic nitrogens is 1. The first-order valence-electron chi connectivity index (χ1n) is 5.01. The van der Waals surface area contributed by atoms with Crippen LogP contribution in [0.5, 0.6) is 5.88 Å². The van der Waals surface area contributed by atoms with E-state index in [1.165, 1.54) is 0 Å². The topological polar surface area (TPSA) is 34.1 Å². The lowest BCUT2D eigenvalue weighted by Crippen LogP contribution is -2.33. The van der Waals surface area contributed by atoms with Crippen molar-refractivity contribution in [3.05, 3.63) is 18.2 Å². The van der Waals surface area contributed by atoms with Crippen molar-refractivity contribution in [2.75, 3.05) is 17.8 Å². The summed E-state index contributed by atoms with van der Waals surface area (Å²) in [5, 5.41) is 3.24. The van der Waals surface area contributed by atoms with Gasteiger partial charge in [-0.05, 0) is 26.8 Å². The Hall–Kier alpha value is -0.960. The van der Waals surface area contributed by atoms with Crippen molar-refractivity contribution >= 4 is 17.4 Å². The molecule has 0 fully saturated rings. The lowest BCUT2D eigenvalue weighted by Gasteiger charge is -2.24. The van der Waals surface area contributed by atoms with Crippen molar-refractivity contribution < 1.29 is 4.74 Å². The molecule has 1 rings (SSSR count). The van der Waals surface area contributed by atoms with Crippen molar-refractivity contribution in [2.45, 2.75) is 26.3 Å². The van der Waals surface area contributed by atoms with Crippen molar-refractivity contribution in [3.8, 4) is 5.88 Å². The summed E-state index contributed by atoms with van der Waals surface area (Å²) in [5.74, 6) is 1.94. The largest absolute Gasteiger partial charge is 0.478 e. The third-order valence-electron chi connectivity index (χ3n) is 1.82. The van der Waals surface area contributed by atoms with E-state index in [1.807, 2.05) is 39.0 Å². The van der Waals surface area contributed by atoms with Crippen LogP contribution >= 0.6 is 11.6 Å². The maximum Gasteiger partial charge on any atom is 0.215 e. The molecule has 0 aliphatic heterocycles. The standard InChI is InChI=1S/C11H17ClN2O/c1-4-15-10-7-5-6-9(13-10)14-11(2,3)8-12/h5-7H,4,8H2,1-3H3,(H,13,14). The van der Waals surface area contributed by atoms with Gasteiger partial charge in [0, 0.05) is 17.5 Å². The van der Waals surface area contributed by atoms with Crippen LogP contribution in [0.1, 0.15) is 20.8 Å². The fourth-order valence-corrected chi connectivity index (χ4v) is 1.16. The van der Waals surface area contributed by atoms with E-state index in [9.17, 15) is 0 Å². The molecule has 4 heteroatoms. The minimum atomic E-state index is -0.167. The summed E-state index contributed by atoms with van der Waals surface area (Å²) in [6, 6.07) is 5.64. The smallest absolute Gasteiger partial charge is 0.215 e. The molecule has 1 aromatic rings. The molecular weight excluding hydrogens is 212 g/mol. The fraction of sp³-hybridized carbons (Fsp3) is 0.545. The SMILES string of the molecule is CCOc1cccc(NC(C)(C)CCl)n1. The molecule has 0 spiro atoms. The number of hydrogen-bond donors (Lipinski definition) is 1. The first-order valence-corrected chi connectivity index (χ1v) is 5.55. The summed E-state index contributed by atoms with van der Waals surface area (Å²) in [4.78, 5) is 4.30. The van der Waals surface area contributed by atoms with E-state index < -0.39 is 0 Å². The zero-order valence-electron chi connectivity index (χ0n) is 9.38. The Labute approximate surface area is 95.8 Å². The van der Waals surface area contributed by atoms with Gasteiger partial charge >= 0.3 is 0 Å². The second kappa shape index (κ2) is 5.21. The fourth-order valence-electron chi connectivity index (χ4n) is 1.09. The van der Waals surface area contributed by atoms with Crippen LogP contribution < -0.4 is 10.1 Å². The van der Waals surface area contributed by atoms with E-state index >= 15 is 0 Å². The molecule has 0 aromatic carbocycles. The zero-order chi connectivity index (χ0) is 11.3. The van der Waals surface area contributed by atoms with E-state index in [1.54, 1.807) is 0 Å². The Morgan fingerprint density at radius 2 is 2.20 bits per heavy atom. The molecule has 0 unspecified atom stereocenters. The van der Waals surface area contributed by atoms with Crippen LogP contribution in [0.25, 0.3) is 0 Å². The summed E-state index contributed by atoms with van der Waals surface area (Å²) in [5.41, 5.74) is -0.167. The van der Waals surface area contributed by atoms with Crippen LogP contribution in [0.4, 0.5) is 5.82 Å². The van der Waals surface area contributed by atoms with E-state index in [0.717, 1.165) is 5.82 Å². The molecule has 0 saturated heterocycles. The summed E-state index contributed by atoms with van der Waals surface area (Å²) in [6.45, 7) is 6.60.